The monoisotopic (exact) mass is 328 g/mol. The van der Waals surface area contributed by atoms with Gasteiger partial charge in [-0.25, -0.2) is 4.98 Å². The standard InChI is InChI=1S/C17H20N4O3/c1-11-8-21-9-13(5-6-15(21)19-11)20-16(22)10-24-14-4-2-3-12(7-14)17(18)23/h2-4,7-8,13H,5-6,9-10H2,1H3,(H2,18,23)(H,20,22). The van der Waals surface area contributed by atoms with Crippen molar-refractivity contribution in [2.45, 2.75) is 32.4 Å². The summed E-state index contributed by atoms with van der Waals surface area (Å²) in [5.41, 5.74) is 6.57. The summed E-state index contributed by atoms with van der Waals surface area (Å²) in [6.07, 6.45) is 3.71. The fourth-order valence-electron chi connectivity index (χ4n) is 2.86. The van der Waals surface area contributed by atoms with Crippen LogP contribution in [0.2, 0.25) is 0 Å². The van der Waals surface area contributed by atoms with Crippen molar-refractivity contribution in [1.29, 1.82) is 0 Å². The molecule has 0 radical (unpaired) electrons. The Morgan fingerprint density at radius 3 is 3.08 bits per heavy atom. The van der Waals surface area contributed by atoms with Crippen molar-refractivity contribution < 1.29 is 14.3 Å². The predicted octanol–water partition coefficient (Wildman–Crippen LogP) is 0.800. The summed E-state index contributed by atoms with van der Waals surface area (Å²) in [5, 5.41) is 2.97. The quantitative estimate of drug-likeness (QED) is 0.848. The van der Waals surface area contributed by atoms with Gasteiger partial charge in [-0.15, -0.1) is 0 Å². The van der Waals surface area contributed by atoms with E-state index in [4.69, 9.17) is 10.5 Å². The van der Waals surface area contributed by atoms with E-state index in [-0.39, 0.29) is 18.6 Å². The SMILES string of the molecule is Cc1cn2c(n1)CCC(NC(=O)COc1cccc(C(N)=O)c1)C2. The minimum Gasteiger partial charge on any atom is -0.484 e. The number of hydrogen-bond acceptors (Lipinski definition) is 4. The first-order chi connectivity index (χ1) is 11.5. The number of primary amides is 1. The lowest BCUT2D eigenvalue weighted by atomic mass is 10.1. The molecule has 1 aromatic heterocycles. The minimum absolute atomic E-state index is 0.0687. The number of carbonyl (C=O) groups excluding carboxylic acids is 2. The lowest BCUT2D eigenvalue weighted by molar-refractivity contribution is -0.124. The van der Waals surface area contributed by atoms with Gasteiger partial charge in [-0.1, -0.05) is 6.07 Å². The van der Waals surface area contributed by atoms with Crippen LogP contribution in [0.4, 0.5) is 0 Å². The minimum atomic E-state index is -0.529. The number of nitrogens with zero attached hydrogens (tertiary/aromatic N) is 2. The molecule has 1 aromatic carbocycles. The second kappa shape index (κ2) is 6.74. The maximum absolute atomic E-state index is 12.1. The van der Waals surface area contributed by atoms with Crippen LogP contribution in [-0.2, 0) is 17.8 Å². The van der Waals surface area contributed by atoms with Gasteiger partial charge in [0, 0.05) is 30.8 Å². The molecule has 1 aliphatic heterocycles. The van der Waals surface area contributed by atoms with Crippen molar-refractivity contribution >= 4 is 11.8 Å². The molecule has 0 spiro atoms. The Kier molecular flexibility index (Phi) is 4.50. The van der Waals surface area contributed by atoms with Crippen LogP contribution >= 0.6 is 0 Å². The highest BCUT2D eigenvalue weighted by atomic mass is 16.5. The number of hydrogen-bond donors (Lipinski definition) is 2. The molecule has 0 saturated carbocycles. The van der Waals surface area contributed by atoms with Crippen molar-refractivity contribution in [3.05, 3.63) is 47.5 Å². The molecule has 3 rings (SSSR count). The summed E-state index contributed by atoms with van der Waals surface area (Å²) in [4.78, 5) is 27.7. The average Bonchev–Trinajstić information content (AvgIpc) is 2.92. The first-order valence-electron chi connectivity index (χ1n) is 7.86. The predicted molar refractivity (Wildman–Crippen MR) is 87.7 cm³/mol. The van der Waals surface area contributed by atoms with E-state index >= 15 is 0 Å². The van der Waals surface area contributed by atoms with E-state index in [0.29, 0.717) is 11.3 Å². The molecule has 0 bridgehead atoms. The van der Waals surface area contributed by atoms with Gasteiger partial charge in [0.05, 0.1) is 5.69 Å². The molecule has 7 heteroatoms. The molecule has 2 heterocycles. The summed E-state index contributed by atoms with van der Waals surface area (Å²) in [6.45, 7) is 2.58. The van der Waals surface area contributed by atoms with E-state index in [9.17, 15) is 9.59 Å². The molecule has 24 heavy (non-hydrogen) atoms. The molecule has 2 amide bonds. The Balaban J connectivity index is 1.51. The van der Waals surface area contributed by atoms with Crippen molar-refractivity contribution in [3.63, 3.8) is 0 Å². The van der Waals surface area contributed by atoms with Crippen LogP contribution < -0.4 is 15.8 Å². The molecule has 126 valence electrons. The number of ether oxygens (including phenoxy) is 1. The summed E-state index contributed by atoms with van der Waals surface area (Å²) < 4.78 is 7.52. The van der Waals surface area contributed by atoms with Crippen LogP contribution in [0.3, 0.4) is 0 Å². The highest BCUT2D eigenvalue weighted by Crippen LogP contribution is 2.15. The summed E-state index contributed by atoms with van der Waals surface area (Å²) in [6, 6.07) is 6.54. The third kappa shape index (κ3) is 3.73. The maximum Gasteiger partial charge on any atom is 0.258 e. The number of aromatic nitrogens is 2. The van der Waals surface area contributed by atoms with E-state index in [1.165, 1.54) is 6.07 Å². The molecular weight excluding hydrogens is 308 g/mol. The average molecular weight is 328 g/mol. The van der Waals surface area contributed by atoms with Crippen molar-refractivity contribution in [3.8, 4) is 5.75 Å². The highest BCUT2D eigenvalue weighted by Gasteiger charge is 2.21. The number of rotatable bonds is 5. The van der Waals surface area contributed by atoms with Gasteiger partial charge in [-0.05, 0) is 31.5 Å². The van der Waals surface area contributed by atoms with Crippen molar-refractivity contribution in [1.82, 2.24) is 14.9 Å². The van der Waals surface area contributed by atoms with Gasteiger partial charge >= 0.3 is 0 Å². The molecule has 7 nitrogen and oxygen atoms in total. The third-order valence-electron chi connectivity index (χ3n) is 3.97. The van der Waals surface area contributed by atoms with E-state index in [0.717, 1.165) is 30.9 Å². The second-order valence-corrected chi connectivity index (χ2v) is 5.93. The van der Waals surface area contributed by atoms with Gasteiger partial charge < -0.3 is 20.4 Å². The number of amides is 2. The zero-order chi connectivity index (χ0) is 17.1. The molecular formula is C17H20N4O3. The molecule has 3 N–H and O–H groups in total. The first kappa shape index (κ1) is 16.0. The van der Waals surface area contributed by atoms with Gasteiger partial charge in [-0.3, -0.25) is 9.59 Å². The number of fused-ring (bicyclic) bond motifs is 1. The number of benzene rings is 1. The maximum atomic E-state index is 12.1. The van der Waals surface area contributed by atoms with E-state index in [2.05, 4.69) is 14.9 Å². The number of nitrogens with one attached hydrogen (secondary N) is 1. The largest absolute Gasteiger partial charge is 0.484 e. The van der Waals surface area contributed by atoms with Crippen LogP contribution in [-0.4, -0.2) is 34.0 Å². The number of nitrogens with two attached hydrogens (primary N) is 1. The zero-order valence-electron chi connectivity index (χ0n) is 13.5. The number of carbonyl (C=O) groups is 2. The lowest BCUT2D eigenvalue weighted by Crippen LogP contribution is -2.42. The van der Waals surface area contributed by atoms with Gasteiger partial charge in [0.15, 0.2) is 6.61 Å². The molecule has 0 aliphatic carbocycles. The molecule has 1 atom stereocenters. The van der Waals surface area contributed by atoms with Crippen molar-refractivity contribution in [2.75, 3.05) is 6.61 Å². The van der Waals surface area contributed by atoms with E-state index in [1.54, 1.807) is 18.2 Å². The fourth-order valence-corrected chi connectivity index (χ4v) is 2.86. The Hall–Kier alpha value is -2.83. The first-order valence-corrected chi connectivity index (χ1v) is 7.86. The Morgan fingerprint density at radius 2 is 2.29 bits per heavy atom. The van der Waals surface area contributed by atoms with E-state index < -0.39 is 5.91 Å². The Bertz CT molecular complexity index is 769. The van der Waals surface area contributed by atoms with Gasteiger partial charge in [0.2, 0.25) is 5.91 Å². The fraction of sp³-hybridized carbons (Fsp3) is 0.353. The van der Waals surface area contributed by atoms with Gasteiger partial charge in [-0.2, -0.15) is 0 Å². The molecule has 2 aromatic rings. The molecule has 1 aliphatic rings. The smallest absolute Gasteiger partial charge is 0.258 e. The van der Waals surface area contributed by atoms with Crippen LogP contribution in [0, 0.1) is 6.92 Å². The van der Waals surface area contributed by atoms with Crippen molar-refractivity contribution in [2.24, 2.45) is 5.73 Å². The zero-order valence-corrected chi connectivity index (χ0v) is 13.5. The molecule has 0 saturated heterocycles. The topological polar surface area (TPSA) is 99.2 Å². The van der Waals surface area contributed by atoms with Crippen LogP contribution in [0.25, 0.3) is 0 Å². The summed E-state index contributed by atoms with van der Waals surface area (Å²) in [5.74, 6) is 0.790. The third-order valence-corrected chi connectivity index (χ3v) is 3.97. The Labute approximate surface area is 139 Å². The van der Waals surface area contributed by atoms with E-state index in [1.807, 2.05) is 13.1 Å². The highest BCUT2D eigenvalue weighted by molar-refractivity contribution is 5.93. The van der Waals surface area contributed by atoms with Gasteiger partial charge in [0.1, 0.15) is 11.6 Å². The normalized spacial score (nSPS) is 16.3. The van der Waals surface area contributed by atoms with Crippen LogP contribution in [0.1, 0.15) is 28.3 Å². The summed E-state index contributed by atoms with van der Waals surface area (Å²) in [7, 11) is 0. The summed E-state index contributed by atoms with van der Waals surface area (Å²) >= 11 is 0. The lowest BCUT2D eigenvalue weighted by Gasteiger charge is -2.24. The number of imidazole rings is 1. The Morgan fingerprint density at radius 1 is 1.46 bits per heavy atom. The molecule has 0 fully saturated rings. The van der Waals surface area contributed by atoms with Crippen LogP contribution in [0.5, 0.6) is 5.75 Å². The second-order valence-electron chi connectivity index (χ2n) is 5.93. The number of aryl methyl sites for hydroxylation is 2. The van der Waals surface area contributed by atoms with Gasteiger partial charge in [0.25, 0.3) is 5.91 Å². The molecule has 1 unspecified atom stereocenters. The van der Waals surface area contributed by atoms with Crippen LogP contribution in [0.15, 0.2) is 30.5 Å².